The summed E-state index contributed by atoms with van der Waals surface area (Å²) in [5.74, 6) is -1.45. The highest BCUT2D eigenvalue weighted by Gasteiger charge is 2.14. The molecule has 0 saturated carbocycles. The number of nitrogens with one attached hydrogen (secondary N) is 1. The number of methoxy groups -OCH3 is 1. The average molecular weight is 319 g/mol. The zero-order valence-electron chi connectivity index (χ0n) is 11.6. The van der Waals surface area contributed by atoms with Gasteiger partial charge < -0.3 is 20.3 Å². The molecule has 3 N–H and O–H groups in total. The second-order valence-corrected chi connectivity index (χ2v) is 5.14. The SMILES string of the molecule is COC(=O)c1sccc1NC(=O)/C=C/c1ccc(O)c(O)c1. The monoisotopic (exact) mass is 319 g/mol. The van der Waals surface area contributed by atoms with Gasteiger partial charge >= 0.3 is 5.97 Å². The van der Waals surface area contributed by atoms with E-state index in [0.29, 0.717) is 16.1 Å². The topological polar surface area (TPSA) is 95.9 Å². The van der Waals surface area contributed by atoms with E-state index in [2.05, 4.69) is 10.1 Å². The third-order valence-electron chi connectivity index (χ3n) is 2.72. The lowest BCUT2D eigenvalue weighted by Crippen LogP contribution is -2.10. The Morgan fingerprint density at radius 3 is 2.68 bits per heavy atom. The molecule has 0 aliphatic carbocycles. The van der Waals surface area contributed by atoms with Crippen molar-refractivity contribution in [1.82, 2.24) is 0 Å². The Morgan fingerprint density at radius 1 is 1.23 bits per heavy atom. The fourth-order valence-electron chi connectivity index (χ4n) is 1.65. The largest absolute Gasteiger partial charge is 0.504 e. The lowest BCUT2D eigenvalue weighted by molar-refractivity contribution is -0.111. The highest BCUT2D eigenvalue weighted by Crippen LogP contribution is 2.26. The van der Waals surface area contributed by atoms with Crippen LogP contribution in [0.25, 0.3) is 6.08 Å². The number of thiophene rings is 1. The number of benzene rings is 1. The number of rotatable bonds is 4. The van der Waals surface area contributed by atoms with E-state index in [1.165, 1.54) is 42.7 Å². The van der Waals surface area contributed by atoms with Gasteiger partial charge in [-0.3, -0.25) is 4.79 Å². The third-order valence-corrected chi connectivity index (χ3v) is 3.61. The first-order valence-electron chi connectivity index (χ1n) is 6.18. The highest BCUT2D eigenvalue weighted by atomic mass is 32.1. The van der Waals surface area contributed by atoms with Crippen molar-refractivity contribution in [2.75, 3.05) is 12.4 Å². The number of carbonyl (C=O) groups excluding carboxylic acids is 2. The molecular weight excluding hydrogens is 306 g/mol. The fraction of sp³-hybridized carbons (Fsp3) is 0.0667. The maximum atomic E-state index is 11.8. The Morgan fingerprint density at radius 2 is 2.00 bits per heavy atom. The number of ether oxygens (including phenoxy) is 1. The maximum Gasteiger partial charge on any atom is 0.350 e. The van der Waals surface area contributed by atoms with Crippen LogP contribution in [0.2, 0.25) is 0 Å². The van der Waals surface area contributed by atoms with Crippen molar-refractivity contribution in [2.45, 2.75) is 0 Å². The van der Waals surface area contributed by atoms with Gasteiger partial charge in [-0.15, -0.1) is 11.3 Å². The first-order valence-corrected chi connectivity index (χ1v) is 7.06. The number of anilines is 1. The van der Waals surface area contributed by atoms with Crippen molar-refractivity contribution in [3.05, 3.63) is 46.2 Å². The number of aromatic hydroxyl groups is 2. The minimum absolute atomic E-state index is 0.234. The van der Waals surface area contributed by atoms with Crippen molar-refractivity contribution in [1.29, 1.82) is 0 Å². The highest BCUT2D eigenvalue weighted by molar-refractivity contribution is 7.12. The van der Waals surface area contributed by atoms with Crippen LogP contribution in [-0.4, -0.2) is 29.2 Å². The van der Waals surface area contributed by atoms with E-state index in [1.54, 1.807) is 17.5 Å². The van der Waals surface area contributed by atoms with Gasteiger partial charge in [0.1, 0.15) is 4.88 Å². The summed E-state index contributed by atoms with van der Waals surface area (Å²) in [6.45, 7) is 0. The van der Waals surface area contributed by atoms with E-state index in [1.807, 2.05) is 0 Å². The van der Waals surface area contributed by atoms with Crippen LogP contribution in [0.1, 0.15) is 15.2 Å². The third kappa shape index (κ3) is 3.64. The molecule has 0 aliphatic rings. The zero-order chi connectivity index (χ0) is 16.1. The van der Waals surface area contributed by atoms with Crippen molar-refractivity contribution < 1.29 is 24.5 Å². The molecule has 2 aromatic rings. The van der Waals surface area contributed by atoms with Crippen molar-refractivity contribution in [3.63, 3.8) is 0 Å². The van der Waals surface area contributed by atoms with Gasteiger partial charge in [0.15, 0.2) is 11.5 Å². The van der Waals surface area contributed by atoms with Crippen LogP contribution >= 0.6 is 11.3 Å². The molecule has 6 nitrogen and oxygen atoms in total. The summed E-state index contributed by atoms with van der Waals surface area (Å²) in [4.78, 5) is 23.6. The Labute approximate surface area is 130 Å². The molecule has 1 aromatic carbocycles. The number of carbonyl (C=O) groups is 2. The summed E-state index contributed by atoms with van der Waals surface area (Å²) >= 11 is 1.17. The van der Waals surface area contributed by atoms with Gasteiger partial charge in [0.25, 0.3) is 0 Å². The molecule has 114 valence electrons. The van der Waals surface area contributed by atoms with Crippen LogP contribution in [-0.2, 0) is 9.53 Å². The van der Waals surface area contributed by atoms with Crippen LogP contribution in [0, 0.1) is 0 Å². The summed E-state index contributed by atoms with van der Waals surface area (Å²) < 4.78 is 4.62. The van der Waals surface area contributed by atoms with Gasteiger partial charge in [0, 0.05) is 6.08 Å². The number of phenolic OH excluding ortho intramolecular Hbond substituents is 2. The first-order chi connectivity index (χ1) is 10.5. The number of amides is 1. The molecule has 0 radical (unpaired) electrons. The van der Waals surface area contributed by atoms with E-state index in [9.17, 15) is 19.8 Å². The minimum Gasteiger partial charge on any atom is -0.504 e. The first kappa shape index (κ1) is 15.6. The van der Waals surface area contributed by atoms with Gasteiger partial charge in [-0.05, 0) is 35.2 Å². The van der Waals surface area contributed by atoms with Crippen molar-refractivity contribution in [3.8, 4) is 11.5 Å². The Kier molecular flexibility index (Phi) is 4.80. The van der Waals surface area contributed by atoms with Gasteiger partial charge in [-0.2, -0.15) is 0 Å². The van der Waals surface area contributed by atoms with Gasteiger partial charge in [-0.25, -0.2) is 4.79 Å². The van der Waals surface area contributed by atoms with E-state index >= 15 is 0 Å². The minimum atomic E-state index is -0.516. The molecule has 22 heavy (non-hydrogen) atoms. The van der Waals surface area contributed by atoms with Crippen LogP contribution in [0.5, 0.6) is 11.5 Å². The second kappa shape index (κ2) is 6.77. The molecule has 0 bridgehead atoms. The molecule has 0 atom stereocenters. The van der Waals surface area contributed by atoms with E-state index in [4.69, 9.17) is 0 Å². The second-order valence-electron chi connectivity index (χ2n) is 4.23. The normalized spacial score (nSPS) is 10.6. The number of hydrogen-bond donors (Lipinski definition) is 3. The molecule has 0 spiro atoms. The van der Waals surface area contributed by atoms with Crippen LogP contribution < -0.4 is 5.32 Å². The molecule has 1 amide bonds. The van der Waals surface area contributed by atoms with Crippen molar-refractivity contribution >= 4 is 35.0 Å². The predicted molar refractivity (Wildman–Crippen MR) is 83.1 cm³/mol. The van der Waals surface area contributed by atoms with E-state index in [0.717, 1.165) is 0 Å². The fourth-order valence-corrected chi connectivity index (χ4v) is 2.41. The Balaban J connectivity index is 2.07. The van der Waals surface area contributed by atoms with Gasteiger partial charge in [0.05, 0.1) is 12.8 Å². The molecule has 0 aliphatic heterocycles. The van der Waals surface area contributed by atoms with E-state index < -0.39 is 11.9 Å². The lowest BCUT2D eigenvalue weighted by atomic mass is 10.2. The summed E-state index contributed by atoms with van der Waals surface area (Å²) in [6, 6.07) is 5.79. The molecule has 0 fully saturated rings. The Bertz CT molecular complexity index is 735. The quantitative estimate of drug-likeness (QED) is 0.457. The van der Waals surface area contributed by atoms with Gasteiger partial charge in [-0.1, -0.05) is 6.07 Å². The smallest absolute Gasteiger partial charge is 0.350 e. The van der Waals surface area contributed by atoms with E-state index in [-0.39, 0.29) is 11.5 Å². The number of phenols is 2. The maximum absolute atomic E-state index is 11.8. The summed E-state index contributed by atoms with van der Waals surface area (Å²) in [5, 5.41) is 22.8. The number of esters is 1. The molecule has 7 heteroatoms. The van der Waals surface area contributed by atoms with Crippen molar-refractivity contribution in [2.24, 2.45) is 0 Å². The summed E-state index contributed by atoms with van der Waals surface area (Å²) in [7, 11) is 1.27. The van der Waals surface area contributed by atoms with Crippen LogP contribution in [0.15, 0.2) is 35.7 Å². The summed E-state index contributed by atoms with van der Waals surface area (Å²) in [5.41, 5.74) is 0.920. The van der Waals surface area contributed by atoms with Crippen LogP contribution in [0.4, 0.5) is 5.69 Å². The number of hydrogen-bond acceptors (Lipinski definition) is 6. The lowest BCUT2D eigenvalue weighted by Gasteiger charge is -2.03. The molecule has 2 rings (SSSR count). The average Bonchev–Trinajstić information content (AvgIpc) is 2.95. The van der Waals surface area contributed by atoms with Crippen LogP contribution in [0.3, 0.4) is 0 Å². The zero-order valence-corrected chi connectivity index (χ0v) is 12.4. The predicted octanol–water partition coefficient (Wildman–Crippen LogP) is 2.60. The molecule has 0 unspecified atom stereocenters. The summed E-state index contributed by atoms with van der Waals surface area (Å²) in [6.07, 6.45) is 2.73. The molecule has 0 saturated heterocycles. The van der Waals surface area contributed by atoms with Gasteiger partial charge in [0.2, 0.25) is 5.91 Å². The molecule has 1 aromatic heterocycles. The Hall–Kier alpha value is -2.80. The molecule has 1 heterocycles. The molecular formula is C15H13NO5S. The standard InChI is InChI=1S/C15H13NO5S/c1-21-15(20)14-10(6-7-22-14)16-13(19)5-3-9-2-4-11(17)12(18)8-9/h2-8,17-18H,1H3,(H,16,19)/b5-3+.